The number of ether oxygens (including phenoxy) is 1. The molecule has 31 heavy (non-hydrogen) atoms. The standard InChI is InChI=1S/C27H20N2O2/c30-27(29-16-7-8-19-15-17-28-26-14-6-5-9-20(19)26)31-18-25-23-12-3-1-10-21(23)22-11-2-4-13-24(22)25/h1-6,9-15,17,25H,16,18H2,(H,29,30). The van der Waals surface area contributed by atoms with Gasteiger partial charge in [-0.3, -0.25) is 4.98 Å². The summed E-state index contributed by atoms with van der Waals surface area (Å²) in [5.74, 6) is 6.15. The van der Waals surface area contributed by atoms with E-state index in [-0.39, 0.29) is 12.5 Å². The van der Waals surface area contributed by atoms with Crippen LogP contribution in [0.15, 0.2) is 85.1 Å². The van der Waals surface area contributed by atoms with E-state index in [1.54, 1.807) is 6.20 Å². The van der Waals surface area contributed by atoms with Gasteiger partial charge in [-0.1, -0.05) is 78.6 Å². The molecule has 1 aliphatic rings. The molecule has 4 aromatic rings. The lowest BCUT2D eigenvalue weighted by molar-refractivity contribution is 0.144. The Balaban J connectivity index is 1.21. The summed E-state index contributed by atoms with van der Waals surface area (Å²) in [7, 11) is 0. The van der Waals surface area contributed by atoms with Crippen LogP contribution in [0.4, 0.5) is 4.79 Å². The minimum atomic E-state index is -0.462. The van der Waals surface area contributed by atoms with Crippen molar-refractivity contribution in [3.8, 4) is 23.0 Å². The molecule has 150 valence electrons. The van der Waals surface area contributed by atoms with Crippen molar-refractivity contribution in [3.05, 3.63) is 102 Å². The van der Waals surface area contributed by atoms with Crippen molar-refractivity contribution in [2.45, 2.75) is 5.92 Å². The van der Waals surface area contributed by atoms with Gasteiger partial charge >= 0.3 is 6.09 Å². The summed E-state index contributed by atoms with van der Waals surface area (Å²) in [5.41, 5.74) is 6.60. The molecule has 0 saturated heterocycles. The van der Waals surface area contributed by atoms with Crippen LogP contribution in [-0.4, -0.2) is 24.2 Å². The Morgan fingerprint density at radius 3 is 2.35 bits per heavy atom. The number of alkyl carbamates (subject to hydrolysis) is 1. The molecule has 1 heterocycles. The average molecular weight is 404 g/mol. The number of hydrogen-bond acceptors (Lipinski definition) is 3. The van der Waals surface area contributed by atoms with Crippen molar-refractivity contribution in [2.24, 2.45) is 0 Å². The molecule has 0 radical (unpaired) electrons. The lowest BCUT2D eigenvalue weighted by atomic mass is 9.98. The van der Waals surface area contributed by atoms with Crippen molar-refractivity contribution < 1.29 is 9.53 Å². The minimum Gasteiger partial charge on any atom is -0.449 e. The van der Waals surface area contributed by atoms with Crippen LogP contribution in [0.1, 0.15) is 22.6 Å². The first-order valence-corrected chi connectivity index (χ1v) is 10.2. The zero-order valence-corrected chi connectivity index (χ0v) is 16.8. The summed E-state index contributed by atoms with van der Waals surface area (Å²) < 4.78 is 5.53. The second-order valence-electron chi connectivity index (χ2n) is 7.36. The van der Waals surface area contributed by atoms with E-state index in [1.165, 1.54) is 22.3 Å². The monoisotopic (exact) mass is 404 g/mol. The van der Waals surface area contributed by atoms with Crippen LogP contribution in [0.5, 0.6) is 0 Å². The number of pyridine rings is 1. The maximum atomic E-state index is 12.2. The Bertz CT molecular complexity index is 1280. The van der Waals surface area contributed by atoms with Gasteiger partial charge in [0, 0.05) is 23.1 Å². The Morgan fingerprint density at radius 2 is 1.58 bits per heavy atom. The number of carbonyl (C=O) groups excluding carboxylic acids is 1. The molecule has 1 aliphatic carbocycles. The molecule has 0 fully saturated rings. The average Bonchev–Trinajstić information content (AvgIpc) is 3.14. The molecule has 1 aromatic heterocycles. The van der Waals surface area contributed by atoms with Crippen LogP contribution in [-0.2, 0) is 4.74 Å². The normalized spacial score (nSPS) is 11.9. The minimum absolute atomic E-state index is 0.0485. The van der Waals surface area contributed by atoms with Crippen LogP contribution in [0.2, 0.25) is 0 Å². The highest BCUT2D eigenvalue weighted by Crippen LogP contribution is 2.44. The third kappa shape index (κ3) is 3.74. The maximum Gasteiger partial charge on any atom is 0.407 e. The number of fused-ring (bicyclic) bond motifs is 4. The zero-order valence-electron chi connectivity index (χ0n) is 16.8. The van der Waals surface area contributed by atoms with Crippen molar-refractivity contribution >= 4 is 17.0 Å². The van der Waals surface area contributed by atoms with E-state index in [1.807, 2.05) is 54.6 Å². The molecule has 0 aliphatic heterocycles. The summed E-state index contributed by atoms with van der Waals surface area (Å²) >= 11 is 0. The highest BCUT2D eigenvalue weighted by atomic mass is 16.5. The Labute approximate surface area is 180 Å². The number of nitrogens with one attached hydrogen (secondary N) is 1. The van der Waals surface area contributed by atoms with Crippen molar-refractivity contribution in [2.75, 3.05) is 13.2 Å². The number of aromatic nitrogens is 1. The predicted molar refractivity (Wildman–Crippen MR) is 122 cm³/mol. The van der Waals surface area contributed by atoms with Crippen molar-refractivity contribution in [3.63, 3.8) is 0 Å². The summed E-state index contributed by atoms with van der Waals surface area (Å²) in [6.45, 7) is 0.510. The smallest absolute Gasteiger partial charge is 0.407 e. The molecule has 3 aromatic carbocycles. The fourth-order valence-electron chi connectivity index (χ4n) is 4.11. The highest BCUT2D eigenvalue weighted by Gasteiger charge is 2.28. The van der Waals surface area contributed by atoms with Gasteiger partial charge in [0.05, 0.1) is 12.1 Å². The van der Waals surface area contributed by atoms with Gasteiger partial charge in [0.15, 0.2) is 0 Å². The van der Waals surface area contributed by atoms with Crippen LogP contribution in [0.3, 0.4) is 0 Å². The number of hydrogen-bond donors (Lipinski definition) is 1. The number of para-hydroxylation sites is 1. The third-order valence-electron chi connectivity index (χ3n) is 5.54. The number of carbonyl (C=O) groups is 1. The van der Waals surface area contributed by atoms with Crippen molar-refractivity contribution in [1.82, 2.24) is 10.3 Å². The Morgan fingerprint density at radius 1 is 0.903 bits per heavy atom. The Kier molecular flexibility index (Phi) is 5.08. The maximum absolute atomic E-state index is 12.2. The number of nitrogens with zero attached hydrogens (tertiary/aromatic N) is 1. The first kappa shape index (κ1) is 18.9. The van der Waals surface area contributed by atoms with Crippen LogP contribution < -0.4 is 5.32 Å². The fraction of sp³-hybridized carbons (Fsp3) is 0.111. The second-order valence-corrected chi connectivity index (χ2v) is 7.36. The quantitative estimate of drug-likeness (QED) is 0.482. The van der Waals surface area contributed by atoms with E-state index in [9.17, 15) is 4.79 Å². The van der Waals surface area contributed by atoms with Gasteiger partial charge < -0.3 is 10.1 Å². The van der Waals surface area contributed by atoms with E-state index in [4.69, 9.17) is 4.74 Å². The SMILES string of the molecule is O=C(NCC#Cc1ccnc2ccccc12)OCC1c2ccccc2-c2ccccc21. The molecule has 0 spiro atoms. The fourth-order valence-corrected chi connectivity index (χ4v) is 4.11. The van der Waals surface area contributed by atoms with Gasteiger partial charge in [0.1, 0.15) is 6.61 Å². The molecule has 0 unspecified atom stereocenters. The third-order valence-corrected chi connectivity index (χ3v) is 5.54. The van der Waals surface area contributed by atoms with E-state index in [2.05, 4.69) is 46.4 Å². The lowest BCUT2D eigenvalue weighted by Gasteiger charge is -2.14. The van der Waals surface area contributed by atoms with Gasteiger partial charge in [-0.2, -0.15) is 0 Å². The zero-order chi connectivity index (χ0) is 21.0. The van der Waals surface area contributed by atoms with Gasteiger partial charge in [0.25, 0.3) is 0 Å². The van der Waals surface area contributed by atoms with E-state index >= 15 is 0 Å². The number of rotatable bonds is 3. The van der Waals surface area contributed by atoms with E-state index in [0.29, 0.717) is 6.61 Å². The topological polar surface area (TPSA) is 51.2 Å². The molecule has 1 amide bonds. The molecule has 4 heteroatoms. The van der Waals surface area contributed by atoms with Crippen LogP contribution >= 0.6 is 0 Å². The second kappa shape index (κ2) is 8.33. The summed E-state index contributed by atoms with van der Waals surface area (Å²) in [6.07, 6.45) is 1.28. The first-order chi connectivity index (χ1) is 15.3. The summed E-state index contributed by atoms with van der Waals surface area (Å²) in [6, 6.07) is 26.3. The van der Waals surface area contributed by atoms with Crippen molar-refractivity contribution in [1.29, 1.82) is 0 Å². The number of benzene rings is 3. The predicted octanol–water partition coefficient (Wildman–Crippen LogP) is 5.13. The molecule has 0 saturated carbocycles. The number of amides is 1. The Hall–Kier alpha value is -4.10. The largest absolute Gasteiger partial charge is 0.449 e. The van der Waals surface area contributed by atoms with Gasteiger partial charge in [-0.25, -0.2) is 4.79 Å². The summed E-state index contributed by atoms with van der Waals surface area (Å²) in [5, 5.41) is 3.72. The molecule has 0 bridgehead atoms. The van der Waals surface area contributed by atoms with Crippen LogP contribution in [0, 0.1) is 11.8 Å². The molecular formula is C27H20N2O2. The van der Waals surface area contributed by atoms with E-state index < -0.39 is 6.09 Å². The van der Waals surface area contributed by atoms with Gasteiger partial charge in [-0.15, -0.1) is 0 Å². The molecule has 5 rings (SSSR count). The highest BCUT2D eigenvalue weighted by molar-refractivity contribution is 5.84. The van der Waals surface area contributed by atoms with Gasteiger partial charge in [-0.05, 0) is 34.4 Å². The molecule has 0 atom stereocenters. The molecule has 4 nitrogen and oxygen atoms in total. The molecule has 1 N–H and O–H groups in total. The lowest BCUT2D eigenvalue weighted by Crippen LogP contribution is -2.26. The van der Waals surface area contributed by atoms with E-state index in [0.717, 1.165) is 16.5 Å². The molecular weight excluding hydrogens is 384 g/mol. The van der Waals surface area contributed by atoms with Crippen LogP contribution in [0.25, 0.3) is 22.0 Å². The first-order valence-electron chi connectivity index (χ1n) is 10.2. The van der Waals surface area contributed by atoms with Gasteiger partial charge in [0.2, 0.25) is 0 Å². The summed E-state index contributed by atoms with van der Waals surface area (Å²) in [4.78, 5) is 16.6.